The maximum Gasteiger partial charge on any atom is 0.155 e. The van der Waals surface area contributed by atoms with Crippen molar-refractivity contribution in [1.82, 2.24) is 19.5 Å². The molecule has 0 spiro atoms. The van der Waals surface area contributed by atoms with Crippen LogP contribution in [0.5, 0.6) is 0 Å². The highest BCUT2D eigenvalue weighted by Crippen LogP contribution is 2.26. The van der Waals surface area contributed by atoms with Gasteiger partial charge in [-0.05, 0) is 49.4 Å². The molecule has 3 aromatic heterocycles. The van der Waals surface area contributed by atoms with Crippen LogP contribution in [0.3, 0.4) is 0 Å². The Bertz CT molecular complexity index is 1030. The molecule has 1 aromatic carbocycles. The molecule has 0 radical (unpaired) electrons. The Hall–Kier alpha value is -3.39. The molecule has 0 aliphatic carbocycles. The van der Waals surface area contributed by atoms with Gasteiger partial charge in [-0.15, -0.1) is 0 Å². The van der Waals surface area contributed by atoms with Crippen molar-refractivity contribution in [1.29, 1.82) is 5.26 Å². The van der Waals surface area contributed by atoms with E-state index in [4.69, 9.17) is 5.26 Å². The second-order valence-electron chi connectivity index (χ2n) is 5.34. The zero-order valence-corrected chi connectivity index (χ0v) is 12.5. The number of nitrogens with one attached hydrogen (secondary N) is 1. The van der Waals surface area contributed by atoms with E-state index in [0.29, 0.717) is 5.56 Å². The molecule has 0 amide bonds. The molecule has 1 N–H and O–H groups in total. The Morgan fingerprint density at radius 1 is 1.17 bits per heavy atom. The number of H-pyrrole nitrogens is 1. The Labute approximate surface area is 132 Å². The Kier molecular flexibility index (Phi) is 2.95. The Morgan fingerprint density at radius 3 is 2.87 bits per heavy atom. The summed E-state index contributed by atoms with van der Waals surface area (Å²) in [5, 5.41) is 9.02. The molecule has 0 saturated carbocycles. The summed E-state index contributed by atoms with van der Waals surface area (Å²) in [5.41, 5.74) is 5.37. The van der Waals surface area contributed by atoms with Crippen molar-refractivity contribution in [3.05, 3.63) is 66.1 Å². The second kappa shape index (κ2) is 5.11. The molecule has 3 heterocycles. The Morgan fingerprint density at radius 2 is 2.09 bits per heavy atom. The molecule has 5 nitrogen and oxygen atoms in total. The zero-order chi connectivity index (χ0) is 15.8. The van der Waals surface area contributed by atoms with E-state index < -0.39 is 0 Å². The van der Waals surface area contributed by atoms with Gasteiger partial charge in [0.15, 0.2) is 5.82 Å². The molecule has 0 atom stereocenters. The number of aromatic amines is 1. The summed E-state index contributed by atoms with van der Waals surface area (Å²) in [7, 11) is 0. The SMILES string of the molecule is Cc1ccc(-c2nc3ccc(C#N)cc3[nH]2)n1-c1cccnc1. The van der Waals surface area contributed by atoms with Gasteiger partial charge >= 0.3 is 0 Å². The van der Waals surface area contributed by atoms with Gasteiger partial charge in [0.05, 0.1) is 40.2 Å². The molecular formula is C18H13N5. The number of benzene rings is 1. The predicted molar refractivity (Wildman–Crippen MR) is 88.1 cm³/mol. The lowest BCUT2D eigenvalue weighted by atomic mass is 10.2. The summed E-state index contributed by atoms with van der Waals surface area (Å²) in [6, 6.07) is 15.6. The molecule has 4 aromatic rings. The third kappa shape index (κ3) is 2.17. The highest BCUT2D eigenvalue weighted by Gasteiger charge is 2.13. The number of pyridine rings is 1. The largest absolute Gasteiger partial charge is 0.337 e. The molecule has 5 heteroatoms. The van der Waals surface area contributed by atoms with Gasteiger partial charge in [0, 0.05) is 11.9 Å². The van der Waals surface area contributed by atoms with Crippen molar-refractivity contribution in [2.45, 2.75) is 6.92 Å². The van der Waals surface area contributed by atoms with Crippen LogP contribution in [0.1, 0.15) is 11.3 Å². The minimum Gasteiger partial charge on any atom is -0.337 e. The topological polar surface area (TPSA) is 70.3 Å². The quantitative estimate of drug-likeness (QED) is 0.615. The number of aromatic nitrogens is 4. The molecule has 0 saturated heterocycles. The van der Waals surface area contributed by atoms with Crippen LogP contribution in [0.4, 0.5) is 0 Å². The summed E-state index contributed by atoms with van der Waals surface area (Å²) in [5.74, 6) is 0.770. The molecule has 0 bridgehead atoms. The number of aryl methyl sites for hydroxylation is 1. The number of fused-ring (bicyclic) bond motifs is 1. The van der Waals surface area contributed by atoms with Crippen molar-refractivity contribution < 1.29 is 0 Å². The predicted octanol–water partition coefficient (Wildman–Crippen LogP) is 3.60. The molecule has 4 rings (SSSR count). The summed E-state index contributed by atoms with van der Waals surface area (Å²) < 4.78 is 2.11. The lowest BCUT2D eigenvalue weighted by molar-refractivity contribution is 0.997. The van der Waals surface area contributed by atoms with Gasteiger partial charge in [0.2, 0.25) is 0 Å². The van der Waals surface area contributed by atoms with Crippen molar-refractivity contribution in [2.24, 2.45) is 0 Å². The molecule has 0 fully saturated rings. The molecule has 0 aliphatic rings. The smallest absolute Gasteiger partial charge is 0.155 e. The molecule has 23 heavy (non-hydrogen) atoms. The average Bonchev–Trinajstić information content (AvgIpc) is 3.17. The van der Waals surface area contributed by atoms with Gasteiger partial charge in [-0.3, -0.25) is 4.98 Å². The molecular weight excluding hydrogens is 286 g/mol. The van der Waals surface area contributed by atoms with Crippen LogP contribution in [0.15, 0.2) is 54.9 Å². The van der Waals surface area contributed by atoms with Crippen LogP contribution in [0, 0.1) is 18.3 Å². The van der Waals surface area contributed by atoms with Gasteiger partial charge in [0.1, 0.15) is 0 Å². The third-order valence-electron chi connectivity index (χ3n) is 3.83. The van der Waals surface area contributed by atoms with E-state index in [1.165, 1.54) is 0 Å². The van der Waals surface area contributed by atoms with E-state index in [0.717, 1.165) is 33.9 Å². The number of hydrogen-bond donors (Lipinski definition) is 1. The Balaban J connectivity index is 1.91. The number of nitrogens with zero attached hydrogens (tertiary/aromatic N) is 4. The van der Waals surface area contributed by atoms with Crippen molar-refractivity contribution in [3.63, 3.8) is 0 Å². The molecule has 110 valence electrons. The normalized spacial score (nSPS) is 10.8. The summed E-state index contributed by atoms with van der Waals surface area (Å²) >= 11 is 0. The second-order valence-corrected chi connectivity index (χ2v) is 5.34. The monoisotopic (exact) mass is 299 g/mol. The number of nitriles is 1. The highest BCUT2D eigenvalue weighted by atomic mass is 15.1. The maximum atomic E-state index is 9.02. The molecule has 0 aliphatic heterocycles. The fourth-order valence-corrected chi connectivity index (χ4v) is 2.75. The van der Waals surface area contributed by atoms with E-state index in [1.807, 2.05) is 43.5 Å². The van der Waals surface area contributed by atoms with E-state index in [1.54, 1.807) is 12.3 Å². The average molecular weight is 299 g/mol. The van der Waals surface area contributed by atoms with Crippen molar-refractivity contribution >= 4 is 11.0 Å². The van der Waals surface area contributed by atoms with Crippen LogP contribution in [0.2, 0.25) is 0 Å². The minimum absolute atomic E-state index is 0.617. The van der Waals surface area contributed by atoms with Crippen LogP contribution >= 0.6 is 0 Å². The summed E-state index contributed by atoms with van der Waals surface area (Å²) in [4.78, 5) is 12.2. The lowest BCUT2D eigenvalue weighted by Crippen LogP contribution is -2.00. The van der Waals surface area contributed by atoms with Crippen molar-refractivity contribution in [3.8, 4) is 23.3 Å². The lowest BCUT2D eigenvalue weighted by Gasteiger charge is -2.09. The van der Waals surface area contributed by atoms with Crippen molar-refractivity contribution in [2.75, 3.05) is 0 Å². The van der Waals surface area contributed by atoms with Gasteiger partial charge in [-0.1, -0.05) is 0 Å². The highest BCUT2D eigenvalue weighted by molar-refractivity contribution is 5.80. The summed E-state index contributed by atoms with van der Waals surface area (Å²) in [6.45, 7) is 2.05. The number of hydrogen-bond acceptors (Lipinski definition) is 3. The first-order chi connectivity index (χ1) is 11.3. The van der Waals surface area contributed by atoms with E-state index in [-0.39, 0.29) is 0 Å². The zero-order valence-electron chi connectivity index (χ0n) is 12.5. The van der Waals surface area contributed by atoms with Crippen LogP contribution in [0.25, 0.3) is 28.2 Å². The van der Waals surface area contributed by atoms with E-state index in [9.17, 15) is 0 Å². The first kappa shape index (κ1) is 13.3. The van der Waals surface area contributed by atoms with Gasteiger partial charge in [-0.25, -0.2) is 4.98 Å². The summed E-state index contributed by atoms with van der Waals surface area (Å²) in [6.07, 6.45) is 3.58. The maximum absolute atomic E-state index is 9.02. The fourth-order valence-electron chi connectivity index (χ4n) is 2.75. The standard InChI is InChI=1S/C18H13N5/c1-12-4-7-17(23(12)14-3-2-8-20-11-14)18-21-15-6-5-13(10-19)9-16(15)22-18/h2-9,11H,1H3,(H,21,22). The number of imidazole rings is 1. The first-order valence-corrected chi connectivity index (χ1v) is 7.25. The van der Waals surface area contributed by atoms with Gasteiger partial charge in [-0.2, -0.15) is 5.26 Å². The van der Waals surface area contributed by atoms with Crippen LogP contribution < -0.4 is 0 Å². The fraction of sp³-hybridized carbons (Fsp3) is 0.0556. The third-order valence-corrected chi connectivity index (χ3v) is 3.83. The van der Waals surface area contributed by atoms with Gasteiger partial charge in [0.25, 0.3) is 0 Å². The van der Waals surface area contributed by atoms with Crippen LogP contribution in [-0.2, 0) is 0 Å². The van der Waals surface area contributed by atoms with E-state index >= 15 is 0 Å². The van der Waals surface area contributed by atoms with E-state index in [2.05, 4.69) is 31.7 Å². The minimum atomic E-state index is 0.617. The first-order valence-electron chi connectivity index (χ1n) is 7.25. The number of rotatable bonds is 2. The molecule has 0 unspecified atom stereocenters. The van der Waals surface area contributed by atoms with Crippen LogP contribution in [-0.4, -0.2) is 19.5 Å². The van der Waals surface area contributed by atoms with Gasteiger partial charge < -0.3 is 9.55 Å².